The van der Waals surface area contributed by atoms with Crippen molar-refractivity contribution in [3.63, 3.8) is 0 Å². The fourth-order valence-corrected chi connectivity index (χ4v) is 5.18. The van der Waals surface area contributed by atoms with Crippen LogP contribution >= 0.6 is 11.3 Å². The third-order valence-electron chi connectivity index (χ3n) is 5.44. The summed E-state index contributed by atoms with van der Waals surface area (Å²) in [5.41, 5.74) is 2.86. The van der Waals surface area contributed by atoms with E-state index in [0.29, 0.717) is 33.4 Å². The van der Waals surface area contributed by atoms with Crippen molar-refractivity contribution in [2.24, 2.45) is 5.92 Å². The normalized spacial score (nSPS) is 15.2. The van der Waals surface area contributed by atoms with Gasteiger partial charge in [0.05, 0.1) is 25.4 Å². The number of rotatable bonds is 6. The number of hydrogen-bond acceptors (Lipinski definition) is 7. The third kappa shape index (κ3) is 4.42. The first-order chi connectivity index (χ1) is 15.0. The maximum absolute atomic E-state index is 12.3. The molecule has 1 aliphatic rings. The number of hydrogen-bond donors (Lipinski definition) is 1. The first kappa shape index (κ1) is 20.9. The van der Waals surface area contributed by atoms with E-state index in [-0.39, 0.29) is 6.42 Å². The van der Waals surface area contributed by atoms with E-state index in [1.165, 1.54) is 17.6 Å². The van der Waals surface area contributed by atoms with Crippen LogP contribution in [0.3, 0.4) is 0 Å². The number of fused-ring (bicyclic) bond motifs is 2. The number of methoxy groups -OCH3 is 1. The Kier molecular flexibility index (Phi) is 5.96. The summed E-state index contributed by atoms with van der Waals surface area (Å²) in [6.45, 7) is 1.78. The van der Waals surface area contributed by atoms with Crippen molar-refractivity contribution in [2.75, 3.05) is 19.0 Å². The number of furan rings is 1. The molecule has 2 aromatic heterocycles. The van der Waals surface area contributed by atoms with Crippen LogP contribution in [0.4, 0.5) is 5.00 Å². The van der Waals surface area contributed by atoms with Gasteiger partial charge in [-0.3, -0.25) is 9.59 Å². The molecule has 3 aromatic rings. The zero-order valence-electron chi connectivity index (χ0n) is 17.3. The van der Waals surface area contributed by atoms with Crippen molar-refractivity contribution < 1.29 is 23.5 Å². The second kappa shape index (κ2) is 8.82. The Balaban J connectivity index is 1.35. The first-order valence-electron chi connectivity index (χ1n) is 10.0. The van der Waals surface area contributed by atoms with Gasteiger partial charge in [-0.1, -0.05) is 6.92 Å². The van der Waals surface area contributed by atoms with Crippen LogP contribution in [-0.2, 0) is 33.6 Å². The van der Waals surface area contributed by atoms with Gasteiger partial charge in [0.25, 0.3) is 5.91 Å². The van der Waals surface area contributed by atoms with E-state index >= 15 is 0 Å². The van der Waals surface area contributed by atoms with Crippen LogP contribution in [0.1, 0.15) is 34.9 Å². The third-order valence-corrected chi connectivity index (χ3v) is 6.61. The van der Waals surface area contributed by atoms with Gasteiger partial charge in [-0.15, -0.1) is 11.3 Å². The summed E-state index contributed by atoms with van der Waals surface area (Å²) in [7, 11) is 1.57. The molecule has 0 radical (unpaired) electrons. The molecule has 0 spiro atoms. The van der Waals surface area contributed by atoms with E-state index in [0.717, 1.165) is 35.1 Å². The Labute approximate surface area is 183 Å². The summed E-state index contributed by atoms with van der Waals surface area (Å²) >= 11 is 1.44. The quantitative estimate of drug-likeness (QED) is 0.578. The molecule has 0 bridgehead atoms. The van der Waals surface area contributed by atoms with Crippen molar-refractivity contribution >= 4 is 39.2 Å². The van der Waals surface area contributed by atoms with Crippen molar-refractivity contribution in [3.8, 4) is 11.8 Å². The largest absolute Gasteiger partial charge is 0.497 e. The molecule has 1 amide bonds. The molecule has 0 aliphatic heterocycles. The van der Waals surface area contributed by atoms with Crippen molar-refractivity contribution in [1.29, 1.82) is 5.26 Å². The topological polar surface area (TPSA) is 102 Å². The Morgan fingerprint density at radius 1 is 1.39 bits per heavy atom. The van der Waals surface area contributed by atoms with Crippen LogP contribution in [0.5, 0.6) is 5.75 Å². The number of esters is 1. The number of ether oxygens (including phenoxy) is 2. The molecule has 31 heavy (non-hydrogen) atoms. The van der Waals surface area contributed by atoms with Crippen LogP contribution in [0, 0.1) is 17.2 Å². The van der Waals surface area contributed by atoms with Crippen LogP contribution in [0.25, 0.3) is 11.0 Å². The summed E-state index contributed by atoms with van der Waals surface area (Å²) < 4.78 is 15.8. The Morgan fingerprint density at radius 3 is 3.00 bits per heavy atom. The fourth-order valence-electron chi connectivity index (χ4n) is 3.80. The number of nitrogens with one attached hydrogen (secondary N) is 1. The lowest BCUT2D eigenvalue weighted by Crippen LogP contribution is -2.21. The lowest BCUT2D eigenvalue weighted by Gasteiger charge is -2.17. The second-order valence-electron chi connectivity index (χ2n) is 7.68. The molecular formula is C23H22N2O5S. The number of nitrogens with zero attached hydrogens (tertiary/aromatic N) is 1. The summed E-state index contributed by atoms with van der Waals surface area (Å²) in [5.74, 6) is 0.239. The molecule has 1 aromatic carbocycles. The van der Waals surface area contributed by atoms with Gasteiger partial charge in [0.1, 0.15) is 22.4 Å². The van der Waals surface area contributed by atoms with Gasteiger partial charge in [0, 0.05) is 21.9 Å². The fraction of sp³-hybridized carbons (Fsp3) is 0.348. The minimum atomic E-state index is -0.534. The SMILES string of the molecule is COc1ccc2c(CC(=O)OCC(=O)Nc3sc4c(c3C#N)CC[C@@H](C)C4)coc2c1. The number of amides is 1. The Hall–Kier alpha value is -3.31. The molecule has 0 saturated heterocycles. The maximum atomic E-state index is 12.3. The average Bonchev–Trinajstić information content (AvgIpc) is 3.31. The summed E-state index contributed by atoms with van der Waals surface area (Å²) in [4.78, 5) is 25.7. The highest BCUT2D eigenvalue weighted by molar-refractivity contribution is 7.16. The van der Waals surface area contributed by atoms with Crippen LogP contribution in [0.15, 0.2) is 28.9 Å². The molecule has 4 rings (SSSR count). The molecule has 8 heteroatoms. The van der Waals surface area contributed by atoms with Gasteiger partial charge in [-0.2, -0.15) is 5.26 Å². The predicted molar refractivity (Wildman–Crippen MR) is 116 cm³/mol. The number of thiophene rings is 1. The zero-order chi connectivity index (χ0) is 22.0. The molecule has 0 saturated carbocycles. The Morgan fingerprint density at radius 2 is 2.23 bits per heavy atom. The van der Waals surface area contributed by atoms with E-state index < -0.39 is 18.5 Å². The molecule has 1 N–H and O–H groups in total. The minimum absolute atomic E-state index is 0.0127. The molecule has 0 unspecified atom stereocenters. The molecule has 7 nitrogen and oxygen atoms in total. The minimum Gasteiger partial charge on any atom is -0.497 e. The monoisotopic (exact) mass is 438 g/mol. The van der Waals surface area contributed by atoms with E-state index in [9.17, 15) is 14.9 Å². The van der Waals surface area contributed by atoms with Crippen LogP contribution in [0.2, 0.25) is 0 Å². The smallest absolute Gasteiger partial charge is 0.310 e. The Bertz CT molecular complexity index is 1190. The lowest BCUT2D eigenvalue weighted by atomic mass is 9.89. The molecule has 1 atom stereocenters. The highest BCUT2D eigenvalue weighted by Gasteiger charge is 2.25. The van der Waals surface area contributed by atoms with E-state index in [2.05, 4.69) is 18.3 Å². The zero-order valence-corrected chi connectivity index (χ0v) is 18.1. The summed E-state index contributed by atoms with van der Waals surface area (Å²) in [6, 6.07) is 7.56. The van der Waals surface area contributed by atoms with E-state index in [1.807, 2.05) is 6.07 Å². The van der Waals surface area contributed by atoms with Crippen LogP contribution < -0.4 is 10.1 Å². The van der Waals surface area contributed by atoms with Crippen molar-refractivity contribution in [3.05, 3.63) is 46.0 Å². The molecule has 160 valence electrons. The molecule has 1 aliphatic carbocycles. The van der Waals surface area contributed by atoms with Gasteiger partial charge in [0.2, 0.25) is 0 Å². The van der Waals surface area contributed by atoms with E-state index in [1.54, 1.807) is 19.2 Å². The van der Waals surface area contributed by atoms with Crippen molar-refractivity contribution in [2.45, 2.75) is 32.6 Å². The van der Waals surface area contributed by atoms with Crippen molar-refractivity contribution in [1.82, 2.24) is 0 Å². The maximum Gasteiger partial charge on any atom is 0.310 e. The summed E-state index contributed by atoms with van der Waals surface area (Å²) in [6.07, 6.45) is 4.30. The van der Waals surface area contributed by atoms with Gasteiger partial charge in [0.15, 0.2) is 6.61 Å². The highest BCUT2D eigenvalue weighted by Crippen LogP contribution is 2.39. The number of anilines is 1. The molecular weight excluding hydrogens is 416 g/mol. The van der Waals surface area contributed by atoms with E-state index in [4.69, 9.17) is 13.9 Å². The van der Waals surface area contributed by atoms with Gasteiger partial charge in [-0.05, 0) is 42.9 Å². The predicted octanol–water partition coefficient (Wildman–Crippen LogP) is 4.22. The first-order valence-corrected chi connectivity index (χ1v) is 10.8. The number of carbonyl (C=O) groups is 2. The number of carbonyl (C=O) groups excluding carboxylic acids is 2. The molecule has 2 heterocycles. The second-order valence-corrected chi connectivity index (χ2v) is 8.78. The lowest BCUT2D eigenvalue weighted by molar-refractivity contribution is -0.146. The van der Waals surface area contributed by atoms with Crippen LogP contribution in [-0.4, -0.2) is 25.6 Å². The number of nitriles is 1. The molecule has 0 fully saturated rings. The summed E-state index contributed by atoms with van der Waals surface area (Å²) in [5, 5.41) is 13.6. The standard InChI is InChI=1S/C23H22N2O5S/c1-13-3-5-17-18(10-24)23(31-20(17)7-13)25-21(26)12-30-22(27)8-14-11-29-19-9-15(28-2)4-6-16(14)19/h4,6,9,11,13H,3,5,7-8,12H2,1-2H3,(H,25,26)/t13-/m1/s1. The van der Waals surface area contributed by atoms with Gasteiger partial charge >= 0.3 is 5.97 Å². The van der Waals surface area contributed by atoms with Gasteiger partial charge < -0.3 is 19.2 Å². The number of benzene rings is 1. The van der Waals surface area contributed by atoms with Gasteiger partial charge in [-0.25, -0.2) is 0 Å². The highest BCUT2D eigenvalue weighted by atomic mass is 32.1. The average molecular weight is 439 g/mol.